The quantitative estimate of drug-likeness (QED) is 0.354. The highest BCUT2D eigenvalue weighted by atomic mass is 79.9. The second-order valence-corrected chi connectivity index (χ2v) is 5.10. The van der Waals surface area contributed by atoms with Gasteiger partial charge in [0.1, 0.15) is 0 Å². The van der Waals surface area contributed by atoms with Gasteiger partial charge in [-0.05, 0) is 28.1 Å². The Kier molecular flexibility index (Phi) is 4.39. The van der Waals surface area contributed by atoms with Crippen LogP contribution in [0.2, 0.25) is 0 Å². The van der Waals surface area contributed by atoms with Crippen molar-refractivity contribution in [2.24, 2.45) is 5.10 Å². The van der Waals surface area contributed by atoms with Crippen LogP contribution in [0.3, 0.4) is 0 Å². The molecule has 1 aliphatic heterocycles. The van der Waals surface area contributed by atoms with Gasteiger partial charge in [-0.1, -0.05) is 0 Å². The Labute approximate surface area is 132 Å². The monoisotopic (exact) mass is 410 g/mol. The number of hydrogen-bond acceptors (Lipinski definition) is 4. The molecule has 2 rings (SSSR count). The molecule has 1 N–H and O–H groups in total. The molecule has 0 unspecified atom stereocenters. The average molecular weight is 411 g/mol. The van der Waals surface area contributed by atoms with Crippen molar-refractivity contribution in [3.63, 3.8) is 0 Å². The Morgan fingerprint density at radius 1 is 1.04 bits per heavy atom. The average Bonchev–Trinajstić information content (AvgIpc) is 2.84. The van der Waals surface area contributed by atoms with E-state index in [-0.39, 0.29) is 22.6 Å². The molecule has 0 aliphatic carbocycles. The van der Waals surface area contributed by atoms with Crippen LogP contribution in [0, 0.1) is 0 Å². The van der Waals surface area contributed by atoms with Gasteiger partial charge in [0.15, 0.2) is 11.5 Å². The molecular formula is C11H6BrF7N2O2. The number of nitrogens with one attached hydrogen (secondary N) is 1. The molecule has 1 aromatic carbocycles. The molecule has 0 bridgehead atoms. The summed E-state index contributed by atoms with van der Waals surface area (Å²) in [5.41, 5.74) is 0.613. The van der Waals surface area contributed by atoms with Crippen LogP contribution in [-0.4, -0.2) is 31.2 Å². The highest BCUT2D eigenvalue weighted by Crippen LogP contribution is 2.45. The zero-order valence-corrected chi connectivity index (χ0v) is 12.3. The molecule has 0 atom stereocenters. The SMILES string of the molecule is FC(F)(F)C(F)(F)C(F)(F)N/N=C\c1cc2c(cc1Br)OCO2. The fourth-order valence-corrected chi connectivity index (χ4v) is 1.89. The predicted molar refractivity (Wildman–Crippen MR) is 66.9 cm³/mol. The van der Waals surface area contributed by atoms with E-state index in [4.69, 9.17) is 9.47 Å². The number of nitrogens with zero attached hydrogens (tertiary/aromatic N) is 1. The summed E-state index contributed by atoms with van der Waals surface area (Å²) in [6, 6.07) is -2.95. The van der Waals surface area contributed by atoms with Crippen LogP contribution in [0.15, 0.2) is 21.7 Å². The number of ether oxygens (including phenoxy) is 2. The van der Waals surface area contributed by atoms with Crippen molar-refractivity contribution in [1.29, 1.82) is 0 Å². The Bertz CT molecular complexity index is 634. The van der Waals surface area contributed by atoms with Crippen LogP contribution in [0.1, 0.15) is 5.56 Å². The molecular weight excluding hydrogens is 405 g/mol. The van der Waals surface area contributed by atoms with Gasteiger partial charge in [-0.15, -0.1) is 0 Å². The molecule has 23 heavy (non-hydrogen) atoms. The van der Waals surface area contributed by atoms with Gasteiger partial charge in [-0.25, -0.2) is 5.43 Å². The van der Waals surface area contributed by atoms with E-state index in [1.807, 2.05) is 0 Å². The molecule has 0 saturated carbocycles. The van der Waals surface area contributed by atoms with Crippen LogP contribution >= 0.6 is 15.9 Å². The molecule has 1 heterocycles. The van der Waals surface area contributed by atoms with Crippen molar-refractivity contribution < 1.29 is 40.2 Å². The number of fused-ring (bicyclic) bond motifs is 1. The van der Waals surface area contributed by atoms with E-state index in [0.29, 0.717) is 17.4 Å². The van der Waals surface area contributed by atoms with Crippen LogP contribution < -0.4 is 14.9 Å². The first kappa shape index (κ1) is 17.6. The van der Waals surface area contributed by atoms with E-state index >= 15 is 0 Å². The molecule has 1 aromatic rings. The molecule has 0 saturated heterocycles. The van der Waals surface area contributed by atoms with Gasteiger partial charge in [0, 0.05) is 10.0 Å². The summed E-state index contributed by atoms with van der Waals surface area (Å²) in [7, 11) is 0. The van der Waals surface area contributed by atoms with Gasteiger partial charge < -0.3 is 9.47 Å². The highest BCUT2D eigenvalue weighted by molar-refractivity contribution is 9.10. The van der Waals surface area contributed by atoms with Gasteiger partial charge >= 0.3 is 18.1 Å². The summed E-state index contributed by atoms with van der Waals surface area (Å²) in [6.07, 6.45) is -5.80. The van der Waals surface area contributed by atoms with Crippen molar-refractivity contribution in [1.82, 2.24) is 5.43 Å². The molecule has 12 heteroatoms. The van der Waals surface area contributed by atoms with Crippen molar-refractivity contribution >= 4 is 22.1 Å². The van der Waals surface area contributed by atoms with E-state index in [1.54, 1.807) is 0 Å². The Morgan fingerprint density at radius 3 is 2.17 bits per heavy atom. The maximum atomic E-state index is 13.0. The maximum Gasteiger partial charge on any atom is 0.462 e. The van der Waals surface area contributed by atoms with Crippen LogP contribution in [0.25, 0.3) is 0 Å². The zero-order valence-electron chi connectivity index (χ0n) is 10.7. The molecule has 128 valence electrons. The van der Waals surface area contributed by atoms with Gasteiger partial charge in [0.2, 0.25) is 6.79 Å². The van der Waals surface area contributed by atoms with E-state index < -0.39 is 18.1 Å². The van der Waals surface area contributed by atoms with Gasteiger partial charge in [-0.2, -0.15) is 35.8 Å². The number of hydrogen-bond donors (Lipinski definition) is 1. The standard InChI is InChI=1S/C11H6BrF7N2O2/c12-6-2-8-7(22-4-23-8)1-5(6)3-20-21-11(18,19)9(13,14)10(15,16)17/h1-3,21H,4H2/b20-3-. The van der Waals surface area contributed by atoms with E-state index in [1.165, 1.54) is 12.1 Å². The Balaban J connectivity index is 2.16. The molecule has 0 amide bonds. The predicted octanol–water partition coefficient (Wildman–Crippen LogP) is 3.89. The van der Waals surface area contributed by atoms with E-state index in [0.717, 1.165) is 0 Å². The first-order chi connectivity index (χ1) is 10.5. The third-order valence-electron chi connectivity index (χ3n) is 2.65. The van der Waals surface area contributed by atoms with Crippen molar-refractivity contribution in [3.8, 4) is 11.5 Å². The number of rotatable bonds is 4. The number of hydrazone groups is 1. The smallest absolute Gasteiger partial charge is 0.454 e. The Morgan fingerprint density at radius 2 is 1.61 bits per heavy atom. The van der Waals surface area contributed by atoms with Crippen molar-refractivity contribution in [2.45, 2.75) is 18.1 Å². The molecule has 4 nitrogen and oxygen atoms in total. The summed E-state index contributed by atoms with van der Waals surface area (Å²) in [6.45, 7) is -0.0729. The molecule has 0 fully saturated rings. The van der Waals surface area contributed by atoms with Crippen molar-refractivity contribution in [3.05, 3.63) is 22.2 Å². The summed E-state index contributed by atoms with van der Waals surface area (Å²) in [5.74, 6) is -5.71. The maximum absolute atomic E-state index is 13.0. The summed E-state index contributed by atoms with van der Waals surface area (Å²) in [4.78, 5) is 0. The van der Waals surface area contributed by atoms with Gasteiger partial charge in [0.05, 0.1) is 6.21 Å². The fourth-order valence-electron chi connectivity index (χ4n) is 1.46. The topological polar surface area (TPSA) is 42.9 Å². The lowest BCUT2D eigenvalue weighted by Crippen LogP contribution is -2.58. The van der Waals surface area contributed by atoms with E-state index in [2.05, 4.69) is 21.0 Å². The third kappa shape index (κ3) is 3.31. The second-order valence-electron chi connectivity index (χ2n) is 4.24. The first-order valence-electron chi connectivity index (χ1n) is 5.67. The minimum atomic E-state index is -6.43. The van der Waals surface area contributed by atoms with Crippen LogP contribution in [0.5, 0.6) is 11.5 Å². The zero-order chi connectivity index (χ0) is 17.5. The lowest BCUT2D eigenvalue weighted by Gasteiger charge is -2.27. The molecule has 0 aromatic heterocycles. The largest absolute Gasteiger partial charge is 0.462 e. The highest BCUT2D eigenvalue weighted by Gasteiger charge is 2.73. The second kappa shape index (κ2) is 5.73. The third-order valence-corrected chi connectivity index (χ3v) is 3.34. The van der Waals surface area contributed by atoms with E-state index in [9.17, 15) is 30.7 Å². The fraction of sp³-hybridized carbons (Fsp3) is 0.364. The van der Waals surface area contributed by atoms with Gasteiger partial charge in [0.25, 0.3) is 0 Å². The van der Waals surface area contributed by atoms with Crippen molar-refractivity contribution in [2.75, 3.05) is 6.79 Å². The minimum Gasteiger partial charge on any atom is -0.454 e. The summed E-state index contributed by atoms with van der Waals surface area (Å²) >= 11 is 3.03. The summed E-state index contributed by atoms with van der Waals surface area (Å²) in [5, 5.41) is 2.75. The number of alkyl halides is 7. The molecule has 0 radical (unpaired) electrons. The minimum absolute atomic E-state index is 0.0729. The summed E-state index contributed by atoms with van der Waals surface area (Å²) < 4.78 is 97.3. The lowest BCUT2D eigenvalue weighted by atomic mass is 10.2. The first-order valence-corrected chi connectivity index (χ1v) is 6.47. The Hall–Kier alpha value is -1.72. The van der Waals surface area contributed by atoms with Crippen LogP contribution in [0.4, 0.5) is 30.7 Å². The number of halogens is 8. The normalized spacial score (nSPS) is 15.3. The van der Waals surface area contributed by atoms with Gasteiger partial charge in [-0.3, -0.25) is 0 Å². The number of benzene rings is 1. The lowest BCUT2D eigenvalue weighted by molar-refractivity contribution is -0.361. The molecule has 1 aliphatic rings. The van der Waals surface area contributed by atoms with Crippen LogP contribution in [-0.2, 0) is 0 Å². The molecule has 0 spiro atoms.